The molecule has 5 nitrogen and oxygen atoms in total. The third-order valence-electron chi connectivity index (χ3n) is 3.30. The van der Waals surface area contributed by atoms with Gasteiger partial charge in [0.15, 0.2) is 0 Å². The Kier molecular flexibility index (Phi) is 3.62. The lowest BCUT2D eigenvalue weighted by Gasteiger charge is -2.23. The van der Waals surface area contributed by atoms with Gasteiger partial charge in [-0.2, -0.15) is 0 Å². The molecule has 1 atom stereocenters. The highest BCUT2D eigenvalue weighted by atomic mass is 16.2. The van der Waals surface area contributed by atoms with E-state index in [9.17, 15) is 9.59 Å². The fourth-order valence-electron chi connectivity index (χ4n) is 2.32. The zero-order valence-electron chi connectivity index (χ0n) is 10.1. The van der Waals surface area contributed by atoms with Crippen LogP contribution in [0.3, 0.4) is 0 Å². The standard InChI is InChI=1S/C13H17N3O2/c14-8-11-5-2-6-16(11)13(18)10-4-1-3-9(7-10)12(15)17/h1,3-4,7,11H,2,5-6,8,14H2,(H2,15,17). The van der Waals surface area contributed by atoms with E-state index in [-0.39, 0.29) is 11.9 Å². The van der Waals surface area contributed by atoms with Gasteiger partial charge in [0.2, 0.25) is 5.91 Å². The van der Waals surface area contributed by atoms with Crippen molar-refractivity contribution >= 4 is 11.8 Å². The first-order valence-electron chi connectivity index (χ1n) is 6.04. The Labute approximate surface area is 106 Å². The molecule has 5 heteroatoms. The van der Waals surface area contributed by atoms with Gasteiger partial charge in [-0.3, -0.25) is 9.59 Å². The van der Waals surface area contributed by atoms with E-state index in [1.54, 1.807) is 23.1 Å². The molecule has 0 spiro atoms. The summed E-state index contributed by atoms with van der Waals surface area (Å²) in [5.74, 6) is -0.604. The van der Waals surface area contributed by atoms with Crippen molar-refractivity contribution in [2.75, 3.05) is 13.1 Å². The summed E-state index contributed by atoms with van der Waals surface area (Å²) in [5, 5.41) is 0. The van der Waals surface area contributed by atoms with Crippen LogP contribution < -0.4 is 11.5 Å². The number of primary amides is 1. The van der Waals surface area contributed by atoms with Gasteiger partial charge in [0.1, 0.15) is 0 Å². The summed E-state index contributed by atoms with van der Waals surface area (Å²) in [6.45, 7) is 1.20. The largest absolute Gasteiger partial charge is 0.366 e. The summed E-state index contributed by atoms with van der Waals surface area (Å²) < 4.78 is 0. The average Bonchev–Trinajstić information content (AvgIpc) is 2.86. The van der Waals surface area contributed by atoms with Crippen LogP contribution in [-0.4, -0.2) is 35.8 Å². The molecule has 2 rings (SSSR count). The molecule has 0 bridgehead atoms. The Morgan fingerprint density at radius 1 is 1.33 bits per heavy atom. The van der Waals surface area contributed by atoms with Crippen LogP contribution >= 0.6 is 0 Å². The monoisotopic (exact) mass is 247 g/mol. The lowest BCUT2D eigenvalue weighted by atomic mass is 10.1. The number of benzene rings is 1. The molecular weight excluding hydrogens is 230 g/mol. The van der Waals surface area contributed by atoms with Gasteiger partial charge < -0.3 is 16.4 Å². The summed E-state index contributed by atoms with van der Waals surface area (Å²) in [4.78, 5) is 25.2. The molecule has 1 unspecified atom stereocenters. The normalized spacial score (nSPS) is 18.9. The van der Waals surface area contributed by atoms with Crippen molar-refractivity contribution in [3.63, 3.8) is 0 Å². The number of likely N-dealkylation sites (tertiary alicyclic amines) is 1. The van der Waals surface area contributed by atoms with Crippen molar-refractivity contribution in [1.82, 2.24) is 4.90 Å². The highest BCUT2D eigenvalue weighted by Gasteiger charge is 2.28. The fourth-order valence-corrected chi connectivity index (χ4v) is 2.32. The Morgan fingerprint density at radius 3 is 2.72 bits per heavy atom. The molecule has 1 saturated heterocycles. The van der Waals surface area contributed by atoms with E-state index in [2.05, 4.69) is 0 Å². The number of nitrogens with two attached hydrogens (primary N) is 2. The van der Waals surface area contributed by atoms with Crippen LogP contribution in [0.5, 0.6) is 0 Å². The summed E-state index contributed by atoms with van der Waals surface area (Å²) in [6, 6.07) is 6.61. The minimum Gasteiger partial charge on any atom is -0.366 e. The highest BCUT2D eigenvalue weighted by molar-refractivity contribution is 5.99. The third kappa shape index (κ3) is 2.36. The molecule has 0 saturated carbocycles. The van der Waals surface area contributed by atoms with E-state index in [0.717, 1.165) is 19.4 Å². The van der Waals surface area contributed by atoms with E-state index >= 15 is 0 Å². The minimum atomic E-state index is -0.526. The van der Waals surface area contributed by atoms with Gasteiger partial charge >= 0.3 is 0 Å². The molecular formula is C13H17N3O2. The second-order valence-electron chi connectivity index (χ2n) is 4.48. The van der Waals surface area contributed by atoms with E-state index < -0.39 is 5.91 Å². The van der Waals surface area contributed by atoms with Gasteiger partial charge in [0, 0.05) is 30.3 Å². The van der Waals surface area contributed by atoms with Gasteiger partial charge in [0.05, 0.1) is 0 Å². The maximum atomic E-state index is 12.3. The smallest absolute Gasteiger partial charge is 0.254 e. The van der Waals surface area contributed by atoms with Crippen LogP contribution in [0.1, 0.15) is 33.6 Å². The van der Waals surface area contributed by atoms with E-state index in [1.165, 1.54) is 6.07 Å². The number of rotatable bonds is 3. The summed E-state index contributed by atoms with van der Waals surface area (Å²) >= 11 is 0. The van der Waals surface area contributed by atoms with Gasteiger partial charge in [-0.05, 0) is 31.0 Å². The van der Waals surface area contributed by atoms with E-state index in [0.29, 0.717) is 17.7 Å². The summed E-state index contributed by atoms with van der Waals surface area (Å²) in [7, 11) is 0. The molecule has 0 radical (unpaired) electrons. The summed E-state index contributed by atoms with van der Waals surface area (Å²) in [5.41, 5.74) is 11.7. The zero-order chi connectivity index (χ0) is 13.1. The van der Waals surface area contributed by atoms with E-state index in [1.807, 2.05) is 0 Å². The van der Waals surface area contributed by atoms with Crippen molar-refractivity contribution < 1.29 is 9.59 Å². The Hall–Kier alpha value is -1.88. The first-order chi connectivity index (χ1) is 8.63. The van der Waals surface area contributed by atoms with Gasteiger partial charge in [-0.15, -0.1) is 0 Å². The van der Waals surface area contributed by atoms with Crippen molar-refractivity contribution in [3.8, 4) is 0 Å². The predicted octanol–water partition coefficient (Wildman–Crippen LogP) is 0.349. The lowest BCUT2D eigenvalue weighted by Crippen LogP contribution is -2.40. The third-order valence-corrected chi connectivity index (χ3v) is 3.30. The first-order valence-corrected chi connectivity index (χ1v) is 6.04. The van der Waals surface area contributed by atoms with Crippen molar-refractivity contribution in [1.29, 1.82) is 0 Å². The van der Waals surface area contributed by atoms with Crippen LogP contribution in [0.15, 0.2) is 24.3 Å². The average molecular weight is 247 g/mol. The van der Waals surface area contributed by atoms with Crippen LogP contribution in [0.2, 0.25) is 0 Å². The van der Waals surface area contributed by atoms with Crippen molar-refractivity contribution in [2.45, 2.75) is 18.9 Å². The molecule has 1 aromatic rings. The molecule has 1 aliphatic heterocycles. The lowest BCUT2D eigenvalue weighted by molar-refractivity contribution is 0.0741. The Morgan fingerprint density at radius 2 is 2.06 bits per heavy atom. The maximum absolute atomic E-state index is 12.3. The summed E-state index contributed by atoms with van der Waals surface area (Å²) in [6.07, 6.45) is 1.92. The first kappa shape index (κ1) is 12.6. The number of amides is 2. The van der Waals surface area contributed by atoms with Crippen molar-refractivity contribution in [2.24, 2.45) is 11.5 Å². The Bertz CT molecular complexity index is 473. The van der Waals surface area contributed by atoms with Gasteiger partial charge in [-0.1, -0.05) is 6.07 Å². The molecule has 0 aliphatic carbocycles. The molecule has 1 aromatic carbocycles. The van der Waals surface area contributed by atoms with Crippen LogP contribution in [0, 0.1) is 0 Å². The van der Waals surface area contributed by atoms with Gasteiger partial charge in [-0.25, -0.2) is 0 Å². The molecule has 1 heterocycles. The topological polar surface area (TPSA) is 89.4 Å². The van der Waals surface area contributed by atoms with Crippen LogP contribution in [-0.2, 0) is 0 Å². The highest BCUT2D eigenvalue weighted by Crippen LogP contribution is 2.19. The quantitative estimate of drug-likeness (QED) is 0.807. The number of hydrogen-bond donors (Lipinski definition) is 2. The van der Waals surface area contributed by atoms with Crippen LogP contribution in [0.4, 0.5) is 0 Å². The molecule has 4 N–H and O–H groups in total. The second-order valence-corrected chi connectivity index (χ2v) is 4.48. The number of carbonyl (C=O) groups is 2. The second kappa shape index (κ2) is 5.18. The fraction of sp³-hybridized carbons (Fsp3) is 0.385. The predicted molar refractivity (Wildman–Crippen MR) is 68.1 cm³/mol. The molecule has 1 fully saturated rings. The number of hydrogen-bond acceptors (Lipinski definition) is 3. The number of nitrogens with zero attached hydrogens (tertiary/aromatic N) is 1. The van der Waals surface area contributed by atoms with Crippen LogP contribution in [0.25, 0.3) is 0 Å². The maximum Gasteiger partial charge on any atom is 0.254 e. The van der Waals surface area contributed by atoms with Crippen molar-refractivity contribution in [3.05, 3.63) is 35.4 Å². The Balaban J connectivity index is 2.23. The SMILES string of the molecule is NCC1CCCN1C(=O)c1cccc(C(N)=O)c1. The molecule has 18 heavy (non-hydrogen) atoms. The minimum absolute atomic E-state index is 0.0777. The zero-order valence-corrected chi connectivity index (χ0v) is 10.1. The molecule has 1 aliphatic rings. The molecule has 96 valence electrons. The molecule has 0 aromatic heterocycles. The van der Waals surface area contributed by atoms with Gasteiger partial charge in [0.25, 0.3) is 5.91 Å². The van der Waals surface area contributed by atoms with E-state index in [4.69, 9.17) is 11.5 Å². The number of carbonyl (C=O) groups excluding carboxylic acids is 2. The molecule has 2 amide bonds.